The fraction of sp³-hybridized carbons (Fsp3) is 0.200. The van der Waals surface area contributed by atoms with E-state index in [1.165, 1.54) is 12.1 Å². The van der Waals surface area contributed by atoms with E-state index in [0.717, 1.165) is 12.1 Å². The standard InChI is InChI=1S/C15H16N2O6S/c1-22-9-10-23-14-4-2-3-12(11-14)16-24(20,21)15-7-5-13(6-8-15)17(18)19/h2-8,11,16H,9-10H2,1H3. The number of rotatable bonds is 8. The van der Waals surface area contributed by atoms with Crippen LogP contribution in [0.4, 0.5) is 11.4 Å². The van der Waals surface area contributed by atoms with Crippen molar-refractivity contribution in [1.29, 1.82) is 0 Å². The highest BCUT2D eigenvalue weighted by Gasteiger charge is 2.16. The van der Waals surface area contributed by atoms with E-state index in [-0.39, 0.29) is 10.6 Å². The summed E-state index contributed by atoms with van der Waals surface area (Å²) in [4.78, 5) is 9.95. The summed E-state index contributed by atoms with van der Waals surface area (Å²) < 4.78 is 37.3. The first-order chi connectivity index (χ1) is 11.4. The Balaban J connectivity index is 2.13. The van der Waals surface area contributed by atoms with Crippen LogP contribution in [0.25, 0.3) is 0 Å². The van der Waals surface area contributed by atoms with Crippen LogP contribution in [0.2, 0.25) is 0 Å². The number of hydrogen-bond acceptors (Lipinski definition) is 6. The lowest BCUT2D eigenvalue weighted by atomic mass is 10.3. The fourth-order valence-corrected chi connectivity index (χ4v) is 2.90. The molecular weight excluding hydrogens is 336 g/mol. The van der Waals surface area contributed by atoms with E-state index in [4.69, 9.17) is 9.47 Å². The molecule has 0 aromatic heterocycles. The highest BCUT2D eigenvalue weighted by molar-refractivity contribution is 7.92. The molecule has 0 bridgehead atoms. The van der Waals surface area contributed by atoms with Crippen LogP contribution >= 0.6 is 0 Å². The van der Waals surface area contributed by atoms with Crippen LogP contribution < -0.4 is 9.46 Å². The maximum absolute atomic E-state index is 12.3. The number of nitrogens with zero attached hydrogens (tertiary/aromatic N) is 1. The topological polar surface area (TPSA) is 108 Å². The molecule has 2 aromatic rings. The maximum atomic E-state index is 12.3. The SMILES string of the molecule is COCCOc1cccc(NS(=O)(=O)c2ccc([N+](=O)[O-])cc2)c1. The summed E-state index contributed by atoms with van der Waals surface area (Å²) in [5, 5.41) is 10.6. The number of hydrogen-bond donors (Lipinski definition) is 1. The normalized spacial score (nSPS) is 11.0. The molecule has 0 heterocycles. The third kappa shape index (κ3) is 4.67. The summed E-state index contributed by atoms with van der Waals surface area (Å²) in [5.74, 6) is 0.496. The molecule has 0 aliphatic rings. The van der Waals surface area contributed by atoms with Crippen molar-refractivity contribution in [3.63, 3.8) is 0 Å². The Bertz CT molecular complexity index is 805. The van der Waals surface area contributed by atoms with Crippen LogP contribution in [0.15, 0.2) is 53.4 Å². The molecule has 128 valence electrons. The van der Waals surface area contributed by atoms with Gasteiger partial charge in [-0.3, -0.25) is 14.8 Å². The Morgan fingerprint density at radius 3 is 2.46 bits per heavy atom. The molecule has 1 N–H and O–H groups in total. The quantitative estimate of drug-likeness (QED) is 0.444. The monoisotopic (exact) mass is 352 g/mol. The number of nitro benzene ring substituents is 1. The number of sulfonamides is 1. The molecule has 0 atom stereocenters. The Morgan fingerprint density at radius 1 is 1.12 bits per heavy atom. The van der Waals surface area contributed by atoms with Crippen molar-refractivity contribution in [2.75, 3.05) is 25.0 Å². The Morgan fingerprint density at radius 2 is 1.83 bits per heavy atom. The minimum atomic E-state index is -3.85. The second-order valence-electron chi connectivity index (χ2n) is 4.73. The maximum Gasteiger partial charge on any atom is 0.269 e. The van der Waals surface area contributed by atoms with Gasteiger partial charge >= 0.3 is 0 Å². The van der Waals surface area contributed by atoms with Gasteiger partial charge in [-0.05, 0) is 24.3 Å². The Labute approximate surface area is 139 Å². The molecule has 0 saturated carbocycles. The second kappa shape index (κ2) is 7.75. The van der Waals surface area contributed by atoms with E-state index < -0.39 is 14.9 Å². The molecule has 0 fully saturated rings. The molecule has 8 nitrogen and oxygen atoms in total. The van der Waals surface area contributed by atoms with E-state index in [0.29, 0.717) is 24.7 Å². The summed E-state index contributed by atoms with van der Waals surface area (Å²) in [6.45, 7) is 0.758. The van der Waals surface area contributed by atoms with Crippen LogP contribution in [-0.4, -0.2) is 33.7 Å². The highest BCUT2D eigenvalue weighted by Crippen LogP contribution is 2.22. The zero-order valence-electron chi connectivity index (χ0n) is 12.8. The number of anilines is 1. The fourth-order valence-electron chi connectivity index (χ4n) is 1.85. The van der Waals surface area contributed by atoms with Crippen LogP contribution in [0.5, 0.6) is 5.75 Å². The van der Waals surface area contributed by atoms with E-state index in [1.54, 1.807) is 31.4 Å². The van der Waals surface area contributed by atoms with Crippen molar-refractivity contribution in [1.82, 2.24) is 0 Å². The van der Waals surface area contributed by atoms with Gasteiger partial charge in [-0.2, -0.15) is 0 Å². The predicted molar refractivity (Wildman–Crippen MR) is 87.7 cm³/mol. The highest BCUT2D eigenvalue weighted by atomic mass is 32.2. The van der Waals surface area contributed by atoms with Gasteiger partial charge in [0.2, 0.25) is 0 Å². The molecule has 0 radical (unpaired) electrons. The Kier molecular flexibility index (Phi) is 5.72. The first kappa shape index (κ1) is 17.7. The van der Waals surface area contributed by atoms with Crippen molar-refractivity contribution >= 4 is 21.4 Å². The van der Waals surface area contributed by atoms with Gasteiger partial charge in [-0.15, -0.1) is 0 Å². The number of nitrogens with one attached hydrogen (secondary N) is 1. The van der Waals surface area contributed by atoms with Crippen molar-refractivity contribution in [3.05, 3.63) is 58.6 Å². The van der Waals surface area contributed by atoms with Crippen LogP contribution in [0, 0.1) is 10.1 Å². The number of ether oxygens (including phenoxy) is 2. The third-order valence-corrected chi connectivity index (χ3v) is 4.40. The van der Waals surface area contributed by atoms with E-state index >= 15 is 0 Å². The van der Waals surface area contributed by atoms with Crippen molar-refractivity contribution in [2.45, 2.75) is 4.90 Å². The molecular formula is C15H16N2O6S. The second-order valence-corrected chi connectivity index (χ2v) is 6.41. The zero-order chi connectivity index (χ0) is 17.6. The summed E-state index contributed by atoms with van der Waals surface area (Å²) in [6.07, 6.45) is 0. The Hall–Kier alpha value is -2.65. The minimum Gasteiger partial charge on any atom is -0.491 e. The van der Waals surface area contributed by atoms with Gasteiger partial charge in [0.15, 0.2) is 0 Å². The van der Waals surface area contributed by atoms with Gasteiger partial charge in [0, 0.05) is 25.3 Å². The number of nitro groups is 1. The van der Waals surface area contributed by atoms with Crippen LogP contribution in [-0.2, 0) is 14.8 Å². The zero-order valence-corrected chi connectivity index (χ0v) is 13.7. The molecule has 0 unspecified atom stereocenters. The molecule has 2 rings (SSSR count). The molecule has 0 amide bonds. The van der Waals surface area contributed by atoms with Crippen molar-refractivity contribution in [3.8, 4) is 5.75 Å². The van der Waals surface area contributed by atoms with E-state index in [2.05, 4.69) is 4.72 Å². The van der Waals surface area contributed by atoms with Gasteiger partial charge in [0.1, 0.15) is 12.4 Å². The summed E-state index contributed by atoms with van der Waals surface area (Å²) in [7, 11) is -2.30. The van der Waals surface area contributed by atoms with Crippen molar-refractivity contribution in [2.24, 2.45) is 0 Å². The molecule has 9 heteroatoms. The lowest BCUT2D eigenvalue weighted by Gasteiger charge is -2.10. The van der Waals surface area contributed by atoms with E-state index in [1.807, 2.05) is 0 Å². The predicted octanol–water partition coefficient (Wildman–Crippen LogP) is 2.42. The largest absolute Gasteiger partial charge is 0.491 e. The van der Waals surface area contributed by atoms with Gasteiger partial charge in [-0.25, -0.2) is 8.42 Å². The lowest BCUT2D eigenvalue weighted by Crippen LogP contribution is -2.13. The van der Waals surface area contributed by atoms with E-state index in [9.17, 15) is 18.5 Å². The average molecular weight is 352 g/mol. The minimum absolute atomic E-state index is 0.0706. The molecule has 2 aromatic carbocycles. The molecule has 0 spiro atoms. The summed E-state index contributed by atoms with van der Waals surface area (Å²) in [6, 6.07) is 11.1. The number of benzene rings is 2. The average Bonchev–Trinajstić information content (AvgIpc) is 2.55. The van der Waals surface area contributed by atoms with Crippen LogP contribution in [0.1, 0.15) is 0 Å². The molecule has 0 aliphatic heterocycles. The summed E-state index contributed by atoms with van der Waals surface area (Å²) >= 11 is 0. The first-order valence-electron chi connectivity index (χ1n) is 6.91. The third-order valence-electron chi connectivity index (χ3n) is 3.00. The smallest absolute Gasteiger partial charge is 0.269 e. The van der Waals surface area contributed by atoms with Gasteiger partial charge in [0.05, 0.1) is 22.1 Å². The first-order valence-corrected chi connectivity index (χ1v) is 8.40. The van der Waals surface area contributed by atoms with Crippen molar-refractivity contribution < 1.29 is 22.8 Å². The molecule has 0 aliphatic carbocycles. The van der Waals surface area contributed by atoms with Crippen LogP contribution in [0.3, 0.4) is 0 Å². The van der Waals surface area contributed by atoms with Gasteiger partial charge in [-0.1, -0.05) is 6.07 Å². The molecule has 24 heavy (non-hydrogen) atoms. The van der Waals surface area contributed by atoms with Gasteiger partial charge < -0.3 is 9.47 Å². The number of methoxy groups -OCH3 is 1. The lowest BCUT2D eigenvalue weighted by molar-refractivity contribution is -0.384. The van der Waals surface area contributed by atoms with Gasteiger partial charge in [0.25, 0.3) is 15.7 Å². The number of non-ortho nitro benzene ring substituents is 1. The molecule has 0 saturated heterocycles. The summed E-state index contributed by atoms with van der Waals surface area (Å²) in [5.41, 5.74) is 0.144.